The summed E-state index contributed by atoms with van der Waals surface area (Å²) >= 11 is 0.855. The van der Waals surface area contributed by atoms with Crippen molar-refractivity contribution in [2.24, 2.45) is 0 Å². The maximum absolute atomic E-state index is 12.5. The second kappa shape index (κ2) is 11.2. The van der Waals surface area contributed by atoms with Gasteiger partial charge in [0.25, 0.3) is 0 Å². The Morgan fingerprint density at radius 3 is 2.38 bits per heavy atom. The van der Waals surface area contributed by atoms with Gasteiger partial charge < -0.3 is 40.4 Å². The van der Waals surface area contributed by atoms with Gasteiger partial charge in [0.15, 0.2) is 24.1 Å². The Morgan fingerprint density at radius 1 is 1.16 bits per heavy atom. The Labute approximate surface area is 211 Å². The van der Waals surface area contributed by atoms with Crippen molar-refractivity contribution in [1.82, 2.24) is 14.5 Å². The number of nitrogens with two attached hydrogens (primary N) is 1. The number of esters is 2. The first kappa shape index (κ1) is 27.3. The predicted octanol–water partition coefficient (Wildman–Crippen LogP) is -0.0157. The Kier molecular flexibility index (Phi) is 8.26. The van der Waals surface area contributed by atoms with Crippen LogP contribution in [0.1, 0.15) is 30.4 Å². The zero-order valence-electron chi connectivity index (χ0n) is 19.3. The molecular weight excluding hydrogens is 516 g/mol. The molecule has 37 heavy (non-hydrogen) atoms. The fourth-order valence-electron chi connectivity index (χ4n) is 3.48. The van der Waals surface area contributed by atoms with Gasteiger partial charge in [-0.1, -0.05) is 11.3 Å². The lowest BCUT2D eigenvalue weighted by molar-refractivity contribution is -0.165. The SMILES string of the molecule is CC(=O)O[C@@H]1[C@H](OC(C)=O)[C@@H](CO)O[C@H]1n1c(=O)sc2cnc(N)nc21.O=C(O)c1cc(O)ccc1O. The van der Waals surface area contributed by atoms with Crippen molar-refractivity contribution in [3.05, 3.63) is 39.6 Å². The summed E-state index contributed by atoms with van der Waals surface area (Å²) in [5.74, 6) is -3.17. The average Bonchev–Trinajstić information content (AvgIpc) is 3.30. The number of carboxylic acid groups (broad SMARTS) is 1. The molecule has 0 radical (unpaired) electrons. The topological polar surface area (TPSA) is 234 Å². The molecule has 16 heteroatoms. The third-order valence-corrected chi connectivity index (χ3v) is 5.79. The number of carbonyl (C=O) groups excluding carboxylic acids is 2. The van der Waals surface area contributed by atoms with Gasteiger partial charge >= 0.3 is 22.8 Å². The zero-order chi connectivity index (χ0) is 27.4. The van der Waals surface area contributed by atoms with Gasteiger partial charge in [-0.3, -0.25) is 19.0 Å². The molecule has 198 valence electrons. The van der Waals surface area contributed by atoms with Crippen LogP contribution in [0.3, 0.4) is 0 Å². The molecule has 1 aliphatic rings. The minimum Gasteiger partial charge on any atom is -0.508 e. The number of anilines is 1. The molecule has 0 bridgehead atoms. The lowest BCUT2D eigenvalue weighted by atomic mass is 10.1. The molecule has 2 aromatic heterocycles. The number of hydrogen-bond acceptors (Lipinski definition) is 14. The summed E-state index contributed by atoms with van der Waals surface area (Å²) in [7, 11) is 0. The molecule has 6 N–H and O–H groups in total. The van der Waals surface area contributed by atoms with E-state index < -0.39 is 53.9 Å². The van der Waals surface area contributed by atoms with Crippen molar-refractivity contribution in [3.8, 4) is 11.5 Å². The number of aromatic nitrogens is 3. The summed E-state index contributed by atoms with van der Waals surface area (Å²) < 4.78 is 17.7. The number of aliphatic hydroxyl groups excluding tert-OH is 1. The Morgan fingerprint density at radius 2 is 1.81 bits per heavy atom. The number of rotatable bonds is 5. The van der Waals surface area contributed by atoms with Crippen molar-refractivity contribution >= 4 is 45.5 Å². The van der Waals surface area contributed by atoms with Crippen LogP contribution in [0.15, 0.2) is 29.2 Å². The standard InChI is InChI=1S/C14H16N4O7S.C7H6O4/c1-5(20)23-9-7(4-19)25-12(10(9)24-6(2)21)18-11-8(26-14(18)22)3-16-13(15)17-11;8-4-1-2-6(9)5(3-4)7(10)11/h3,7,9-10,12,19H,4H2,1-2H3,(H2,15,16,17);1-3,8-9H,(H,10,11)/t7-,9-,10-,12-;/m1./s1. The molecule has 3 heterocycles. The number of carboxylic acids is 1. The highest BCUT2D eigenvalue weighted by Gasteiger charge is 2.50. The first-order valence-corrected chi connectivity index (χ1v) is 11.2. The number of phenols is 2. The van der Waals surface area contributed by atoms with Crippen molar-refractivity contribution in [3.63, 3.8) is 0 Å². The number of ether oxygens (including phenoxy) is 3. The van der Waals surface area contributed by atoms with E-state index >= 15 is 0 Å². The Hall–Kier alpha value is -4.28. The second-order valence-corrected chi connectivity index (χ2v) is 8.55. The van der Waals surface area contributed by atoms with E-state index in [0.717, 1.165) is 28.0 Å². The van der Waals surface area contributed by atoms with E-state index in [1.807, 2.05) is 0 Å². The van der Waals surface area contributed by atoms with Gasteiger partial charge in [0.1, 0.15) is 23.2 Å². The number of aliphatic hydroxyl groups is 1. The summed E-state index contributed by atoms with van der Waals surface area (Å²) in [5, 5.41) is 35.7. The van der Waals surface area contributed by atoms with Gasteiger partial charge in [-0.05, 0) is 18.2 Å². The summed E-state index contributed by atoms with van der Waals surface area (Å²) in [6.07, 6.45) is -3.00. The third-order valence-electron chi connectivity index (χ3n) is 4.91. The van der Waals surface area contributed by atoms with Crippen molar-refractivity contribution in [2.45, 2.75) is 38.4 Å². The highest BCUT2D eigenvalue weighted by molar-refractivity contribution is 7.16. The molecule has 1 aromatic carbocycles. The van der Waals surface area contributed by atoms with Crippen LogP contribution in [0.25, 0.3) is 10.3 Å². The maximum atomic E-state index is 12.5. The van der Waals surface area contributed by atoms with Crippen LogP contribution >= 0.6 is 11.3 Å². The van der Waals surface area contributed by atoms with Crippen LogP contribution in [0.2, 0.25) is 0 Å². The molecule has 1 fully saturated rings. The fourth-order valence-corrected chi connectivity index (χ4v) is 4.30. The van der Waals surface area contributed by atoms with Crippen molar-refractivity contribution in [1.29, 1.82) is 0 Å². The minimum atomic E-state index is -1.27. The quantitative estimate of drug-likeness (QED) is 0.212. The van der Waals surface area contributed by atoms with Gasteiger partial charge in [-0.2, -0.15) is 4.98 Å². The maximum Gasteiger partial charge on any atom is 0.339 e. The molecule has 0 aliphatic carbocycles. The number of nitrogens with zero attached hydrogens (tertiary/aromatic N) is 3. The number of nitrogen functional groups attached to an aromatic ring is 1. The molecule has 0 amide bonds. The summed E-state index contributed by atoms with van der Waals surface area (Å²) in [4.78, 5) is 53.1. The van der Waals surface area contributed by atoms with E-state index in [1.54, 1.807) is 0 Å². The lowest BCUT2D eigenvalue weighted by Gasteiger charge is -2.23. The average molecular weight is 538 g/mol. The molecule has 3 aromatic rings. The minimum absolute atomic E-state index is 0.0543. The molecule has 4 atom stereocenters. The van der Waals surface area contributed by atoms with Gasteiger partial charge in [0, 0.05) is 13.8 Å². The number of benzene rings is 1. The number of fused-ring (bicyclic) bond motifs is 1. The molecular formula is C21H22N4O11S. The third kappa shape index (κ3) is 6.11. The number of hydrogen-bond donors (Lipinski definition) is 5. The van der Waals surface area contributed by atoms with Crippen LogP contribution in [-0.4, -0.2) is 77.8 Å². The van der Waals surface area contributed by atoms with E-state index in [0.29, 0.717) is 4.70 Å². The van der Waals surface area contributed by atoms with Gasteiger partial charge in [-0.25, -0.2) is 9.78 Å². The number of phenolic OH excluding ortho intramolecular Hbond substituents is 1. The van der Waals surface area contributed by atoms with E-state index in [9.17, 15) is 24.3 Å². The molecule has 15 nitrogen and oxygen atoms in total. The monoisotopic (exact) mass is 538 g/mol. The molecule has 0 unspecified atom stereocenters. The van der Waals surface area contributed by atoms with Crippen LogP contribution in [0.5, 0.6) is 11.5 Å². The highest BCUT2D eigenvalue weighted by Crippen LogP contribution is 2.35. The first-order valence-electron chi connectivity index (χ1n) is 10.4. The van der Waals surface area contributed by atoms with E-state index in [-0.39, 0.29) is 28.7 Å². The van der Waals surface area contributed by atoms with E-state index in [1.165, 1.54) is 26.1 Å². The van der Waals surface area contributed by atoms with Crippen LogP contribution in [0.4, 0.5) is 5.95 Å². The largest absolute Gasteiger partial charge is 0.508 e. The van der Waals surface area contributed by atoms with Crippen molar-refractivity contribution in [2.75, 3.05) is 12.3 Å². The fraction of sp³-hybridized carbons (Fsp3) is 0.333. The Balaban J connectivity index is 0.000000289. The molecule has 1 saturated heterocycles. The van der Waals surface area contributed by atoms with E-state index in [2.05, 4.69) is 9.97 Å². The molecule has 4 rings (SSSR count). The number of aromatic hydroxyl groups is 2. The van der Waals surface area contributed by atoms with Gasteiger partial charge in [0.05, 0.1) is 17.5 Å². The Bertz CT molecular complexity index is 1390. The normalized spacial score (nSPS) is 20.6. The summed E-state index contributed by atoms with van der Waals surface area (Å²) in [6.45, 7) is 1.83. The number of aromatic carboxylic acids is 1. The first-order chi connectivity index (χ1) is 17.4. The van der Waals surface area contributed by atoms with Crippen LogP contribution in [-0.2, 0) is 23.8 Å². The molecule has 1 aliphatic heterocycles. The highest BCUT2D eigenvalue weighted by atomic mass is 32.1. The van der Waals surface area contributed by atoms with Crippen molar-refractivity contribution < 1.29 is 49.0 Å². The number of thiazole rings is 1. The van der Waals surface area contributed by atoms with E-state index in [4.69, 9.17) is 35.3 Å². The van der Waals surface area contributed by atoms with Gasteiger partial charge in [0.2, 0.25) is 5.95 Å². The summed E-state index contributed by atoms with van der Waals surface area (Å²) in [5.41, 5.74) is 5.48. The number of carbonyl (C=O) groups is 3. The molecule has 0 saturated carbocycles. The zero-order valence-corrected chi connectivity index (χ0v) is 20.1. The smallest absolute Gasteiger partial charge is 0.339 e. The summed E-state index contributed by atoms with van der Waals surface area (Å²) in [6, 6.07) is 3.32. The molecule has 0 spiro atoms. The van der Waals surface area contributed by atoms with Gasteiger partial charge in [-0.15, -0.1) is 0 Å². The predicted molar refractivity (Wildman–Crippen MR) is 125 cm³/mol. The van der Waals surface area contributed by atoms with Crippen LogP contribution < -0.4 is 10.6 Å². The lowest BCUT2D eigenvalue weighted by Crippen LogP contribution is -2.40. The van der Waals surface area contributed by atoms with Crippen LogP contribution in [0, 0.1) is 0 Å². The second-order valence-electron chi connectivity index (χ2n) is 7.56.